The van der Waals surface area contributed by atoms with Gasteiger partial charge < -0.3 is 4.40 Å². The molecule has 0 aliphatic rings. The maximum atomic E-state index is 2.44. The lowest BCUT2D eigenvalue weighted by molar-refractivity contribution is 0.411. The number of rotatable bonds is 1. The normalized spacial score (nSPS) is 13.0. The van der Waals surface area contributed by atoms with Crippen LogP contribution in [0.3, 0.4) is 0 Å². The van der Waals surface area contributed by atoms with Crippen molar-refractivity contribution in [2.45, 2.75) is 27.2 Å². The number of aromatic nitrogens is 1. The van der Waals surface area contributed by atoms with E-state index in [4.69, 9.17) is 0 Å². The zero-order valence-electron chi connectivity index (χ0n) is 14.4. The van der Waals surface area contributed by atoms with E-state index in [2.05, 4.69) is 85.8 Å². The fourth-order valence-electron chi connectivity index (χ4n) is 4.22. The first-order valence-corrected chi connectivity index (χ1v) is 8.69. The van der Waals surface area contributed by atoms with Crippen LogP contribution in [-0.4, -0.2) is 4.40 Å². The van der Waals surface area contributed by atoms with E-state index in [1.807, 2.05) is 0 Å². The number of nitrogens with zero attached hydrogens (tertiary/aromatic N) is 1. The van der Waals surface area contributed by atoms with Gasteiger partial charge >= 0.3 is 0 Å². The summed E-state index contributed by atoms with van der Waals surface area (Å²) in [6.07, 6.45) is 1.09. The van der Waals surface area contributed by atoms with Gasteiger partial charge in [-0.3, -0.25) is 0 Å². The van der Waals surface area contributed by atoms with Crippen LogP contribution in [0.15, 0.2) is 60.7 Å². The molecule has 0 aliphatic carbocycles. The summed E-state index contributed by atoms with van der Waals surface area (Å²) in [5.74, 6) is 0. The van der Waals surface area contributed by atoms with Crippen LogP contribution in [0.2, 0.25) is 0 Å². The molecular weight excluding hydrogens is 290 g/mol. The van der Waals surface area contributed by atoms with Crippen LogP contribution in [0.1, 0.15) is 26.3 Å². The van der Waals surface area contributed by atoms with Crippen molar-refractivity contribution in [1.29, 1.82) is 0 Å². The van der Waals surface area contributed by atoms with E-state index >= 15 is 0 Å². The van der Waals surface area contributed by atoms with Gasteiger partial charge in [-0.1, -0.05) is 57.2 Å². The van der Waals surface area contributed by atoms with Gasteiger partial charge in [0.2, 0.25) is 0 Å². The summed E-state index contributed by atoms with van der Waals surface area (Å²) in [6, 6.07) is 22.4. The number of benzene rings is 3. The highest BCUT2D eigenvalue weighted by Gasteiger charge is 2.19. The zero-order chi connectivity index (χ0) is 16.5. The molecule has 0 fully saturated rings. The Labute approximate surface area is 141 Å². The number of hydrogen-bond donors (Lipinski definition) is 0. The smallest absolute Gasteiger partial charge is 0.0620 e. The first kappa shape index (κ1) is 13.9. The Balaban J connectivity index is 2.03. The van der Waals surface area contributed by atoms with Crippen molar-refractivity contribution >= 4 is 38.1 Å². The van der Waals surface area contributed by atoms with Gasteiger partial charge in [-0.25, -0.2) is 0 Å². The summed E-state index contributed by atoms with van der Waals surface area (Å²) in [6.45, 7) is 6.94. The average molecular weight is 311 g/mol. The standard InChI is InChI=1S/C23H21N/c1-23(2,3)14-15-12-18-16-8-4-6-10-20(16)24-21-11-7-5-9-17(21)19(13-15)22(18)24/h4-13H,14H2,1-3H3. The second-order valence-electron chi connectivity index (χ2n) is 8.15. The Hall–Kier alpha value is -2.54. The van der Waals surface area contributed by atoms with Crippen molar-refractivity contribution in [3.05, 3.63) is 66.2 Å². The second kappa shape index (κ2) is 4.51. The van der Waals surface area contributed by atoms with Crippen LogP contribution >= 0.6 is 0 Å². The Kier molecular flexibility index (Phi) is 2.60. The first-order chi connectivity index (χ1) is 11.5. The monoisotopic (exact) mass is 311 g/mol. The van der Waals surface area contributed by atoms with Crippen molar-refractivity contribution in [3.63, 3.8) is 0 Å². The molecule has 2 heterocycles. The average Bonchev–Trinajstić information content (AvgIpc) is 3.04. The van der Waals surface area contributed by atoms with Crippen molar-refractivity contribution in [1.82, 2.24) is 4.40 Å². The van der Waals surface area contributed by atoms with E-state index in [9.17, 15) is 0 Å². The first-order valence-electron chi connectivity index (χ1n) is 8.69. The molecule has 0 amide bonds. The summed E-state index contributed by atoms with van der Waals surface area (Å²) in [7, 11) is 0. The van der Waals surface area contributed by atoms with E-state index in [0.717, 1.165) is 6.42 Å². The molecule has 24 heavy (non-hydrogen) atoms. The molecule has 118 valence electrons. The van der Waals surface area contributed by atoms with Gasteiger partial charge in [-0.2, -0.15) is 0 Å². The summed E-state index contributed by atoms with van der Waals surface area (Å²) in [5, 5.41) is 5.50. The fourth-order valence-corrected chi connectivity index (χ4v) is 4.22. The third-order valence-corrected chi connectivity index (χ3v) is 5.00. The highest BCUT2D eigenvalue weighted by Crippen LogP contribution is 2.40. The molecule has 0 atom stereocenters. The lowest BCUT2D eigenvalue weighted by atomic mass is 9.87. The highest BCUT2D eigenvalue weighted by molar-refractivity contribution is 6.23. The van der Waals surface area contributed by atoms with Gasteiger partial charge in [-0.15, -0.1) is 0 Å². The predicted octanol–water partition coefficient (Wildman–Crippen LogP) is 6.43. The number of fused-ring (bicyclic) bond motifs is 6. The van der Waals surface area contributed by atoms with Gasteiger partial charge in [0.05, 0.1) is 16.6 Å². The Morgan fingerprint density at radius 2 is 1.21 bits per heavy atom. The highest BCUT2D eigenvalue weighted by atomic mass is 14.9. The Morgan fingerprint density at radius 1 is 0.708 bits per heavy atom. The molecule has 0 bridgehead atoms. The van der Waals surface area contributed by atoms with Crippen molar-refractivity contribution < 1.29 is 0 Å². The zero-order valence-corrected chi connectivity index (χ0v) is 14.4. The van der Waals surface area contributed by atoms with E-state index in [-0.39, 0.29) is 5.41 Å². The van der Waals surface area contributed by atoms with E-state index in [1.54, 1.807) is 0 Å². The maximum Gasteiger partial charge on any atom is 0.0620 e. The SMILES string of the molecule is CC(C)(C)Cc1cc2c3ccccc3n3c4ccccc4c(c1)c23. The molecule has 0 radical (unpaired) electrons. The van der Waals surface area contributed by atoms with Crippen molar-refractivity contribution in [2.24, 2.45) is 5.41 Å². The molecule has 1 heteroatoms. The minimum Gasteiger partial charge on any atom is -0.308 e. The van der Waals surface area contributed by atoms with Crippen molar-refractivity contribution in [3.8, 4) is 0 Å². The van der Waals surface area contributed by atoms with Crippen LogP contribution in [0.5, 0.6) is 0 Å². The van der Waals surface area contributed by atoms with Gasteiger partial charge in [-0.05, 0) is 41.7 Å². The Bertz CT molecular complexity index is 1120. The predicted molar refractivity (Wildman–Crippen MR) is 104 cm³/mol. The van der Waals surface area contributed by atoms with Crippen LogP contribution in [0.4, 0.5) is 0 Å². The minimum atomic E-state index is 0.289. The van der Waals surface area contributed by atoms with Crippen LogP contribution < -0.4 is 0 Å². The molecule has 0 spiro atoms. The second-order valence-corrected chi connectivity index (χ2v) is 8.15. The van der Waals surface area contributed by atoms with E-state index in [1.165, 1.54) is 43.7 Å². The molecule has 5 aromatic rings. The van der Waals surface area contributed by atoms with Gasteiger partial charge in [0, 0.05) is 21.5 Å². The summed E-state index contributed by atoms with van der Waals surface area (Å²) in [5.41, 5.74) is 5.72. The number of hydrogen-bond acceptors (Lipinski definition) is 0. The molecule has 2 aromatic heterocycles. The third-order valence-electron chi connectivity index (χ3n) is 5.00. The molecule has 1 nitrogen and oxygen atoms in total. The molecule has 0 aliphatic heterocycles. The molecule has 0 N–H and O–H groups in total. The Morgan fingerprint density at radius 3 is 1.71 bits per heavy atom. The number of para-hydroxylation sites is 2. The fraction of sp³-hybridized carbons (Fsp3) is 0.217. The topological polar surface area (TPSA) is 4.41 Å². The molecular formula is C23H21N. The van der Waals surface area contributed by atoms with E-state index < -0.39 is 0 Å². The molecule has 3 aromatic carbocycles. The lowest BCUT2D eigenvalue weighted by Crippen LogP contribution is -2.08. The van der Waals surface area contributed by atoms with Gasteiger partial charge in [0.25, 0.3) is 0 Å². The third kappa shape index (κ3) is 1.81. The summed E-state index contributed by atoms with van der Waals surface area (Å²) >= 11 is 0. The summed E-state index contributed by atoms with van der Waals surface area (Å²) in [4.78, 5) is 0. The minimum absolute atomic E-state index is 0.289. The van der Waals surface area contributed by atoms with E-state index in [0.29, 0.717) is 0 Å². The summed E-state index contributed by atoms with van der Waals surface area (Å²) < 4.78 is 2.44. The van der Waals surface area contributed by atoms with Gasteiger partial charge in [0.1, 0.15) is 0 Å². The maximum absolute atomic E-state index is 2.44. The van der Waals surface area contributed by atoms with Crippen LogP contribution in [0, 0.1) is 5.41 Å². The lowest BCUT2D eigenvalue weighted by Gasteiger charge is -2.18. The molecule has 0 saturated carbocycles. The van der Waals surface area contributed by atoms with Crippen LogP contribution in [-0.2, 0) is 6.42 Å². The van der Waals surface area contributed by atoms with Crippen molar-refractivity contribution in [2.75, 3.05) is 0 Å². The largest absolute Gasteiger partial charge is 0.308 e. The molecule has 0 unspecified atom stereocenters. The van der Waals surface area contributed by atoms with Gasteiger partial charge in [0.15, 0.2) is 0 Å². The molecule has 5 rings (SSSR count). The van der Waals surface area contributed by atoms with Crippen LogP contribution in [0.25, 0.3) is 38.1 Å². The molecule has 0 saturated heterocycles. The quantitative estimate of drug-likeness (QED) is 0.336.